The van der Waals surface area contributed by atoms with Crippen molar-refractivity contribution in [3.05, 3.63) is 58.6 Å². The smallest absolute Gasteiger partial charge is 0.255 e. The third-order valence-corrected chi connectivity index (χ3v) is 4.98. The summed E-state index contributed by atoms with van der Waals surface area (Å²) in [5.41, 5.74) is 2.01. The minimum atomic E-state index is -3.49. The van der Waals surface area contributed by atoms with Crippen molar-refractivity contribution < 1.29 is 13.2 Å². The van der Waals surface area contributed by atoms with E-state index in [0.717, 1.165) is 11.8 Å². The van der Waals surface area contributed by atoms with E-state index < -0.39 is 9.84 Å². The Kier molecular flexibility index (Phi) is 5.12. The van der Waals surface area contributed by atoms with Crippen molar-refractivity contribution in [2.75, 3.05) is 11.6 Å². The maximum absolute atomic E-state index is 12.3. The third kappa shape index (κ3) is 4.33. The highest BCUT2D eigenvalue weighted by atomic mass is 35.5. The lowest BCUT2D eigenvalue weighted by atomic mass is 10.0. The summed E-state index contributed by atoms with van der Waals surface area (Å²) < 4.78 is 23.4. The number of sulfone groups is 1. The normalized spacial score (nSPS) is 11.5. The first kappa shape index (κ1) is 17.5. The number of hydrogen-bond acceptors (Lipinski definition) is 3. The quantitative estimate of drug-likeness (QED) is 0.901. The van der Waals surface area contributed by atoms with Crippen LogP contribution in [0.1, 0.15) is 35.7 Å². The second kappa shape index (κ2) is 6.72. The van der Waals surface area contributed by atoms with Gasteiger partial charge in [-0.2, -0.15) is 0 Å². The lowest BCUT2D eigenvalue weighted by molar-refractivity contribution is 0.102. The Balaban J connectivity index is 2.30. The lowest BCUT2D eigenvalue weighted by Gasteiger charge is -2.10. The van der Waals surface area contributed by atoms with Gasteiger partial charge in [0.25, 0.3) is 5.91 Å². The van der Waals surface area contributed by atoms with Gasteiger partial charge in [0.05, 0.1) is 9.92 Å². The van der Waals surface area contributed by atoms with E-state index in [-0.39, 0.29) is 21.4 Å². The zero-order valence-electron chi connectivity index (χ0n) is 13.1. The molecule has 2 rings (SSSR count). The third-order valence-electron chi connectivity index (χ3n) is 3.40. The van der Waals surface area contributed by atoms with Crippen LogP contribution in [0.3, 0.4) is 0 Å². The van der Waals surface area contributed by atoms with Crippen LogP contribution < -0.4 is 5.32 Å². The van der Waals surface area contributed by atoms with Gasteiger partial charge in [0.2, 0.25) is 0 Å². The van der Waals surface area contributed by atoms with E-state index in [1.807, 2.05) is 18.2 Å². The molecular weight excluding hydrogens is 334 g/mol. The molecule has 0 aliphatic rings. The molecule has 0 unspecified atom stereocenters. The van der Waals surface area contributed by atoms with Gasteiger partial charge < -0.3 is 5.32 Å². The van der Waals surface area contributed by atoms with Gasteiger partial charge in [-0.1, -0.05) is 37.6 Å². The Hall–Kier alpha value is -1.85. The van der Waals surface area contributed by atoms with E-state index in [1.54, 1.807) is 6.07 Å². The van der Waals surface area contributed by atoms with Crippen molar-refractivity contribution >= 4 is 33.0 Å². The van der Waals surface area contributed by atoms with Crippen LogP contribution in [0.2, 0.25) is 5.02 Å². The maximum Gasteiger partial charge on any atom is 0.255 e. The van der Waals surface area contributed by atoms with Crippen LogP contribution in [0.5, 0.6) is 0 Å². The molecule has 0 aliphatic heterocycles. The van der Waals surface area contributed by atoms with Crippen LogP contribution in [0.4, 0.5) is 5.69 Å². The average molecular weight is 352 g/mol. The molecule has 0 saturated heterocycles. The molecule has 0 spiro atoms. The monoisotopic (exact) mass is 351 g/mol. The van der Waals surface area contributed by atoms with Gasteiger partial charge in [-0.05, 0) is 41.8 Å². The topological polar surface area (TPSA) is 63.2 Å². The second-order valence-electron chi connectivity index (χ2n) is 5.65. The van der Waals surface area contributed by atoms with Gasteiger partial charge in [-0.15, -0.1) is 0 Å². The highest BCUT2D eigenvalue weighted by molar-refractivity contribution is 7.90. The van der Waals surface area contributed by atoms with Crippen molar-refractivity contribution in [1.82, 2.24) is 0 Å². The standard InChI is InChI=1S/C17H18ClNO3S/c1-11(2)12-5-4-6-14(9-12)19-17(20)13-7-8-15(18)16(10-13)23(3,21)22/h4-11H,1-3H3,(H,19,20). The summed E-state index contributed by atoms with van der Waals surface area (Å²) >= 11 is 5.89. The second-order valence-corrected chi connectivity index (χ2v) is 8.04. The molecule has 2 aromatic carbocycles. The molecule has 0 fully saturated rings. The number of rotatable bonds is 4. The number of anilines is 1. The molecule has 2 aromatic rings. The lowest BCUT2D eigenvalue weighted by Crippen LogP contribution is -2.13. The van der Waals surface area contributed by atoms with Crippen LogP contribution in [0.15, 0.2) is 47.4 Å². The molecule has 0 bridgehead atoms. The van der Waals surface area contributed by atoms with Gasteiger partial charge in [0, 0.05) is 17.5 Å². The fraction of sp³-hybridized carbons (Fsp3) is 0.235. The van der Waals surface area contributed by atoms with Crippen LogP contribution in [0.25, 0.3) is 0 Å². The Bertz CT molecular complexity index is 845. The fourth-order valence-electron chi connectivity index (χ4n) is 2.11. The fourth-order valence-corrected chi connectivity index (χ4v) is 3.41. The number of nitrogens with one attached hydrogen (secondary N) is 1. The van der Waals surface area contributed by atoms with Crippen LogP contribution in [0, 0.1) is 0 Å². The van der Waals surface area contributed by atoms with E-state index in [0.29, 0.717) is 11.6 Å². The molecule has 6 heteroatoms. The zero-order valence-corrected chi connectivity index (χ0v) is 14.7. The molecule has 0 atom stereocenters. The van der Waals surface area contributed by atoms with Crippen LogP contribution >= 0.6 is 11.6 Å². The number of carbonyl (C=O) groups is 1. The van der Waals surface area contributed by atoms with Gasteiger partial charge in [0.1, 0.15) is 0 Å². The first-order valence-electron chi connectivity index (χ1n) is 7.09. The first-order chi connectivity index (χ1) is 10.7. The number of amides is 1. The highest BCUT2D eigenvalue weighted by Gasteiger charge is 2.16. The van der Waals surface area contributed by atoms with E-state index in [9.17, 15) is 13.2 Å². The molecule has 0 aromatic heterocycles. The molecular formula is C17H18ClNO3S. The van der Waals surface area contributed by atoms with Crippen LogP contribution in [-0.4, -0.2) is 20.6 Å². The Morgan fingerprint density at radius 3 is 2.43 bits per heavy atom. The summed E-state index contributed by atoms with van der Waals surface area (Å²) in [5, 5.41) is 2.88. The van der Waals surface area contributed by atoms with Crippen molar-refractivity contribution in [3.8, 4) is 0 Å². The predicted molar refractivity (Wildman–Crippen MR) is 93.0 cm³/mol. The summed E-state index contributed by atoms with van der Waals surface area (Å²) in [6, 6.07) is 11.8. The van der Waals surface area contributed by atoms with Gasteiger partial charge in [-0.3, -0.25) is 4.79 Å². The minimum Gasteiger partial charge on any atom is -0.322 e. The predicted octanol–water partition coefficient (Wildman–Crippen LogP) is 4.12. The summed E-state index contributed by atoms with van der Waals surface area (Å²) in [6.07, 6.45) is 1.06. The largest absolute Gasteiger partial charge is 0.322 e. The number of hydrogen-bond donors (Lipinski definition) is 1. The zero-order chi connectivity index (χ0) is 17.2. The summed E-state index contributed by atoms with van der Waals surface area (Å²) in [5.74, 6) is -0.0355. The van der Waals surface area contributed by atoms with E-state index in [2.05, 4.69) is 19.2 Å². The molecule has 23 heavy (non-hydrogen) atoms. The van der Waals surface area contributed by atoms with E-state index >= 15 is 0 Å². The van der Waals surface area contributed by atoms with Crippen molar-refractivity contribution in [3.63, 3.8) is 0 Å². The number of halogens is 1. The minimum absolute atomic E-state index is 0.0530. The van der Waals surface area contributed by atoms with Gasteiger partial charge in [-0.25, -0.2) is 8.42 Å². The van der Waals surface area contributed by atoms with Gasteiger partial charge in [0.15, 0.2) is 9.84 Å². The molecule has 0 aliphatic carbocycles. The van der Waals surface area contributed by atoms with E-state index in [4.69, 9.17) is 11.6 Å². The van der Waals surface area contributed by atoms with E-state index in [1.165, 1.54) is 18.2 Å². The van der Waals surface area contributed by atoms with Crippen molar-refractivity contribution in [2.45, 2.75) is 24.7 Å². The Labute approximate surface area is 141 Å². The molecule has 122 valence electrons. The molecule has 0 saturated carbocycles. The summed E-state index contributed by atoms with van der Waals surface area (Å²) in [4.78, 5) is 12.3. The highest BCUT2D eigenvalue weighted by Crippen LogP contribution is 2.24. The summed E-state index contributed by atoms with van der Waals surface area (Å²) in [7, 11) is -3.49. The Morgan fingerprint density at radius 1 is 1.13 bits per heavy atom. The number of carbonyl (C=O) groups excluding carboxylic acids is 1. The van der Waals surface area contributed by atoms with Crippen molar-refractivity contribution in [1.29, 1.82) is 0 Å². The summed E-state index contributed by atoms with van der Waals surface area (Å²) in [6.45, 7) is 4.14. The number of benzene rings is 2. The maximum atomic E-state index is 12.3. The molecule has 1 N–H and O–H groups in total. The van der Waals surface area contributed by atoms with Gasteiger partial charge >= 0.3 is 0 Å². The first-order valence-corrected chi connectivity index (χ1v) is 9.36. The molecule has 4 nitrogen and oxygen atoms in total. The Morgan fingerprint density at radius 2 is 1.83 bits per heavy atom. The van der Waals surface area contributed by atoms with Crippen LogP contribution in [-0.2, 0) is 9.84 Å². The average Bonchev–Trinajstić information content (AvgIpc) is 2.46. The molecule has 0 radical (unpaired) electrons. The van der Waals surface area contributed by atoms with Crippen molar-refractivity contribution in [2.24, 2.45) is 0 Å². The molecule has 1 amide bonds. The SMILES string of the molecule is CC(C)c1cccc(NC(=O)c2ccc(Cl)c(S(C)(=O)=O)c2)c1. The molecule has 0 heterocycles.